The first-order valence-electron chi connectivity index (χ1n) is 9.68. The van der Waals surface area contributed by atoms with Gasteiger partial charge in [-0.25, -0.2) is 0 Å². The number of allylic oxidation sites excluding steroid dienone is 1. The van der Waals surface area contributed by atoms with Crippen molar-refractivity contribution < 1.29 is 4.74 Å². The fourth-order valence-electron chi connectivity index (χ4n) is 1.56. The van der Waals surface area contributed by atoms with Gasteiger partial charge in [-0.2, -0.15) is 5.26 Å². The summed E-state index contributed by atoms with van der Waals surface area (Å²) < 4.78 is 5.09. The van der Waals surface area contributed by atoms with Gasteiger partial charge in [0.25, 0.3) is 0 Å². The maximum Gasteiger partial charge on any atom is 0.119 e. The molecule has 0 saturated carbocycles. The lowest BCUT2D eigenvalue weighted by molar-refractivity contribution is 0.415. The van der Waals surface area contributed by atoms with E-state index < -0.39 is 0 Å². The van der Waals surface area contributed by atoms with Gasteiger partial charge in [0, 0.05) is 17.1 Å². The van der Waals surface area contributed by atoms with Crippen molar-refractivity contribution >= 4 is 34.4 Å². The molecule has 0 bridgehead atoms. The van der Waals surface area contributed by atoms with E-state index in [1.54, 1.807) is 13.2 Å². The van der Waals surface area contributed by atoms with Crippen LogP contribution in [0.2, 0.25) is 0 Å². The second-order valence-corrected chi connectivity index (χ2v) is 5.91. The Bertz CT molecular complexity index is 701. The minimum atomic E-state index is 0.508. The van der Waals surface area contributed by atoms with Crippen molar-refractivity contribution in [1.82, 2.24) is 0 Å². The summed E-state index contributed by atoms with van der Waals surface area (Å²) in [5.74, 6) is 0.794. The molecule has 0 amide bonds. The van der Waals surface area contributed by atoms with Crippen molar-refractivity contribution in [3.63, 3.8) is 0 Å². The number of rotatable bonds is 4. The van der Waals surface area contributed by atoms with Crippen LogP contribution >= 0.6 is 11.3 Å². The molecular weight excluding hydrogens is 380 g/mol. The van der Waals surface area contributed by atoms with Crippen LogP contribution in [0.1, 0.15) is 52.0 Å². The summed E-state index contributed by atoms with van der Waals surface area (Å²) in [5.41, 5.74) is 7.80. The third-order valence-corrected chi connectivity index (χ3v) is 3.85. The van der Waals surface area contributed by atoms with E-state index in [1.165, 1.54) is 11.3 Å². The molecule has 5 nitrogen and oxygen atoms in total. The normalized spacial score (nSPS) is 7.83. The second-order valence-electron chi connectivity index (χ2n) is 4.69. The Hall–Kier alpha value is -2.78. The van der Waals surface area contributed by atoms with Crippen molar-refractivity contribution in [2.75, 3.05) is 24.7 Å². The van der Waals surface area contributed by atoms with Crippen LogP contribution in [0.4, 0.5) is 16.4 Å². The molecule has 0 aliphatic heterocycles. The lowest BCUT2D eigenvalue weighted by Gasteiger charge is -2.05. The summed E-state index contributed by atoms with van der Waals surface area (Å²) in [5, 5.41) is 13.1. The van der Waals surface area contributed by atoms with Crippen LogP contribution in [-0.4, -0.2) is 20.4 Å². The van der Waals surface area contributed by atoms with Gasteiger partial charge in [0.2, 0.25) is 0 Å². The van der Waals surface area contributed by atoms with Crippen LogP contribution in [-0.2, 0) is 0 Å². The van der Waals surface area contributed by atoms with E-state index in [1.807, 2.05) is 72.7 Å². The summed E-state index contributed by atoms with van der Waals surface area (Å²) in [6, 6.07) is 9.63. The summed E-state index contributed by atoms with van der Waals surface area (Å²) in [4.78, 5) is 4.43. The summed E-state index contributed by atoms with van der Waals surface area (Å²) in [6.45, 7) is 21.2. The molecule has 1 heterocycles. The van der Waals surface area contributed by atoms with Gasteiger partial charge >= 0.3 is 0 Å². The Labute approximate surface area is 181 Å². The quantitative estimate of drug-likeness (QED) is 0.406. The predicted octanol–water partition coefficient (Wildman–Crippen LogP) is 7.21. The molecule has 29 heavy (non-hydrogen) atoms. The van der Waals surface area contributed by atoms with Gasteiger partial charge in [0.05, 0.1) is 12.8 Å². The molecule has 0 aliphatic carbocycles. The van der Waals surface area contributed by atoms with Gasteiger partial charge in [-0.15, -0.1) is 17.9 Å². The number of aryl methyl sites for hydroxylation is 1. The van der Waals surface area contributed by atoms with Gasteiger partial charge in [0.1, 0.15) is 22.4 Å². The van der Waals surface area contributed by atoms with E-state index >= 15 is 0 Å². The minimum Gasteiger partial charge on any atom is -0.497 e. The van der Waals surface area contributed by atoms with Crippen molar-refractivity contribution in [3.05, 3.63) is 47.4 Å². The van der Waals surface area contributed by atoms with Crippen molar-refractivity contribution in [3.8, 4) is 11.8 Å². The zero-order chi connectivity index (χ0) is 23.2. The van der Waals surface area contributed by atoms with Gasteiger partial charge in [-0.05, 0) is 51.8 Å². The molecule has 0 unspecified atom stereocenters. The number of aliphatic imine (C=N–C) groups is 1. The van der Waals surface area contributed by atoms with Crippen LogP contribution in [0.5, 0.6) is 5.75 Å². The Kier molecular flexibility index (Phi) is 23.0. The first-order valence-corrected chi connectivity index (χ1v) is 10.5. The van der Waals surface area contributed by atoms with E-state index in [9.17, 15) is 0 Å². The summed E-state index contributed by atoms with van der Waals surface area (Å²) in [7, 11) is 1.62. The molecule has 0 saturated heterocycles. The number of methoxy groups -OCH3 is 1. The Morgan fingerprint density at radius 2 is 1.69 bits per heavy atom. The van der Waals surface area contributed by atoms with Gasteiger partial charge in [-0.3, -0.25) is 0 Å². The van der Waals surface area contributed by atoms with E-state index in [4.69, 9.17) is 15.7 Å². The average molecular weight is 419 g/mol. The fraction of sp³-hybridized carbons (Fsp3) is 0.391. The molecule has 0 radical (unpaired) electrons. The molecule has 1 aromatic heterocycles. The number of nitrogens with zero attached hydrogens (tertiary/aromatic N) is 2. The van der Waals surface area contributed by atoms with Crippen LogP contribution in [0, 0.1) is 18.3 Å². The summed E-state index contributed by atoms with van der Waals surface area (Å²) in [6.07, 6.45) is 1.75. The SMILES string of the molecule is C=CC.C=NCC.CC.CC.COc1ccc(Nc2sc(C)c(N)c2C#N)cc1. The molecule has 3 N–H and O–H groups in total. The lowest BCUT2D eigenvalue weighted by Crippen LogP contribution is -1.92. The van der Waals surface area contributed by atoms with E-state index in [-0.39, 0.29) is 0 Å². The topological polar surface area (TPSA) is 83.4 Å². The molecule has 2 rings (SSSR count). The number of nitriles is 1. The smallest absolute Gasteiger partial charge is 0.119 e. The average Bonchev–Trinajstić information content (AvgIpc) is 3.04. The molecule has 1 aromatic carbocycles. The number of hydrogen-bond acceptors (Lipinski definition) is 6. The van der Waals surface area contributed by atoms with E-state index in [0.717, 1.165) is 27.9 Å². The second kappa shape index (κ2) is 21.5. The molecule has 162 valence electrons. The molecule has 2 aromatic rings. The molecule has 0 aliphatic rings. The first kappa shape index (κ1) is 30.9. The minimum absolute atomic E-state index is 0.508. The largest absolute Gasteiger partial charge is 0.497 e. The van der Waals surface area contributed by atoms with Crippen molar-refractivity contribution in [1.29, 1.82) is 5.26 Å². The number of nitrogens with one attached hydrogen (secondary N) is 1. The summed E-state index contributed by atoms with van der Waals surface area (Å²) >= 11 is 1.48. The van der Waals surface area contributed by atoms with Crippen LogP contribution in [0.25, 0.3) is 0 Å². The number of ether oxygens (including phenoxy) is 1. The fourth-order valence-corrected chi connectivity index (χ4v) is 2.51. The number of benzene rings is 1. The predicted molar refractivity (Wildman–Crippen MR) is 133 cm³/mol. The molecular formula is C23H38N4OS. The molecule has 0 fully saturated rings. The third kappa shape index (κ3) is 13.1. The third-order valence-electron chi connectivity index (χ3n) is 2.81. The van der Waals surface area contributed by atoms with Gasteiger partial charge in [-0.1, -0.05) is 33.8 Å². The number of nitrogen functional groups attached to an aromatic ring is 1. The Balaban J connectivity index is -0.000000520. The van der Waals surface area contributed by atoms with Gasteiger partial charge < -0.3 is 20.8 Å². The number of hydrogen-bond donors (Lipinski definition) is 2. The van der Waals surface area contributed by atoms with Crippen LogP contribution in [0.15, 0.2) is 41.9 Å². The molecule has 0 atom stereocenters. The monoisotopic (exact) mass is 418 g/mol. The highest BCUT2D eigenvalue weighted by molar-refractivity contribution is 7.17. The molecule has 0 spiro atoms. The Morgan fingerprint density at radius 3 is 2.03 bits per heavy atom. The maximum atomic E-state index is 9.09. The molecule has 6 heteroatoms. The van der Waals surface area contributed by atoms with E-state index in [2.05, 4.69) is 29.7 Å². The highest BCUT2D eigenvalue weighted by Crippen LogP contribution is 2.36. The Morgan fingerprint density at radius 1 is 1.24 bits per heavy atom. The lowest BCUT2D eigenvalue weighted by atomic mass is 10.2. The number of nitrogens with two attached hydrogens (primary N) is 1. The highest BCUT2D eigenvalue weighted by Gasteiger charge is 2.12. The van der Waals surface area contributed by atoms with Crippen LogP contribution < -0.4 is 15.8 Å². The first-order chi connectivity index (χ1) is 14.0. The van der Waals surface area contributed by atoms with Gasteiger partial charge in [0.15, 0.2) is 0 Å². The number of thiophene rings is 1. The van der Waals surface area contributed by atoms with Crippen LogP contribution in [0.3, 0.4) is 0 Å². The maximum absolute atomic E-state index is 9.09. The standard InChI is InChI=1S/C13H13N3OS.C3H7N.C3H6.2C2H6/c1-8-12(15)11(7-14)13(18-8)16-9-3-5-10(17-2)6-4-9;1-3-4-2;1-3-2;2*1-2/h3-6,16H,15H2,1-2H3;2-3H2,1H3;3H,1H2,2H3;2*1-2H3. The van der Waals surface area contributed by atoms with E-state index in [0.29, 0.717) is 11.3 Å². The zero-order valence-corrected chi connectivity index (χ0v) is 20.1. The highest BCUT2D eigenvalue weighted by atomic mass is 32.1. The zero-order valence-electron chi connectivity index (χ0n) is 19.3. The number of anilines is 3. The van der Waals surface area contributed by atoms with Crippen molar-refractivity contribution in [2.24, 2.45) is 4.99 Å². The van der Waals surface area contributed by atoms with Crippen molar-refractivity contribution in [2.45, 2.75) is 48.5 Å².